The van der Waals surface area contributed by atoms with Crippen LogP contribution in [0.15, 0.2) is 30.3 Å². The number of carbonyl (C=O) groups is 1. The molecule has 6 heteroatoms. The van der Waals surface area contributed by atoms with Crippen molar-refractivity contribution >= 4 is 28.9 Å². The maximum atomic E-state index is 10.8. The second-order valence-electron chi connectivity index (χ2n) is 4.20. The fourth-order valence-corrected chi connectivity index (χ4v) is 2.89. The SMILES string of the molecule is CN(Cc1cccc(C(=O)O)n1)Cc1ccc(Cl)s1. The quantitative estimate of drug-likeness (QED) is 0.921. The minimum absolute atomic E-state index is 0.0741. The number of carboxylic acid groups (broad SMARTS) is 1. The zero-order valence-corrected chi connectivity index (χ0v) is 11.9. The third-order valence-electron chi connectivity index (χ3n) is 2.51. The molecule has 0 atom stereocenters. The van der Waals surface area contributed by atoms with Crippen molar-refractivity contribution in [3.05, 3.63) is 50.9 Å². The zero-order valence-electron chi connectivity index (χ0n) is 10.3. The van der Waals surface area contributed by atoms with E-state index in [9.17, 15) is 4.79 Å². The van der Waals surface area contributed by atoms with E-state index in [-0.39, 0.29) is 5.69 Å². The summed E-state index contributed by atoms with van der Waals surface area (Å²) in [6.45, 7) is 1.35. The summed E-state index contributed by atoms with van der Waals surface area (Å²) in [5, 5.41) is 8.89. The average molecular weight is 297 g/mol. The Labute approximate surface area is 120 Å². The third-order valence-corrected chi connectivity index (χ3v) is 3.73. The molecule has 19 heavy (non-hydrogen) atoms. The highest BCUT2D eigenvalue weighted by Crippen LogP contribution is 2.22. The Kier molecular flexibility index (Phi) is 4.52. The highest BCUT2D eigenvalue weighted by Gasteiger charge is 2.08. The standard InChI is InChI=1S/C13H13ClN2O2S/c1-16(8-10-5-6-12(14)19-10)7-9-3-2-4-11(15-9)13(17)18/h2-6H,7-8H2,1H3,(H,17,18). The summed E-state index contributed by atoms with van der Waals surface area (Å²) in [5.41, 5.74) is 0.815. The van der Waals surface area contributed by atoms with Crippen molar-refractivity contribution < 1.29 is 9.90 Å². The van der Waals surface area contributed by atoms with Gasteiger partial charge in [0.2, 0.25) is 0 Å². The summed E-state index contributed by atoms with van der Waals surface area (Å²) in [6, 6.07) is 8.89. The van der Waals surface area contributed by atoms with Crippen molar-refractivity contribution in [3.63, 3.8) is 0 Å². The number of halogens is 1. The smallest absolute Gasteiger partial charge is 0.354 e. The van der Waals surface area contributed by atoms with E-state index in [0.29, 0.717) is 6.54 Å². The molecule has 0 bridgehead atoms. The van der Waals surface area contributed by atoms with Gasteiger partial charge in [0, 0.05) is 18.0 Å². The Morgan fingerprint density at radius 1 is 1.37 bits per heavy atom. The number of aromatic carboxylic acids is 1. The van der Waals surface area contributed by atoms with Gasteiger partial charge in [-0.15, -0.1) is 11.3 Å². The Hall–Kier alpha value is -1.43. The lowest BCUT2D eigenvalue weighted by atomic mass is 10.3. The van der Waals surface area contributed by atoms with E-state index in [4.69, 9.17) is 16.7 Å². The first-order valence-corrected chi connectivity index (χ1v) is 6.86. The molecule has 0 aromatic carbocycles. The van der Waals surface area contributed by atoms with Crippen LogP contribution < -0.4 is 0 Å². The predicted octanol–water partition coefficient (Wildman–Crippen LogP) is 3.13. The van der Waals surface area contributed by atoms with Crippen molar-refractivity contribution in [1.29, 1.82) is 0 Å². The molecule has 100 valence electrons. The number of hydrogen-bond acceptors (Lipinski definition) is 4. The van der Waals surface area contributed by atoms with E-state index < -0.39 is 5.97 Å². The molecule has 0 aliphatic rings. The van der Waals surface area contributed by atoms with Gasteiger partial charge in [0.15, 0.2) is 0 Å². The first kappa shape index (κ1) is 14.0. The summed E-state index contributed by atoms with van der Waals surface area (Å²) in [7, 11) is 1.96. The van der Waals surface area contributed by atoms with Crippen LogP contribution in [0.25, 0.3) is 0 Å². The Bertz CT molecular complexity index is 586. The molecule has 0 radical (unpaired) electrons. The summed E-state index contributed by atoms with van der Waals surface area (Å²) in [4.78, 5) is 18.2. The number of thiophene rings is 1. The van der Waals surface area contributed by atoms with Crippen LogP contribution in [0, 0.1) is 0 Å². The molecule has 0 amide bonds. The number of nitrogens with zero attached hydrogens (tertiary/aromatic N) is 2. The third kappa shape index (κ3) is 4.02. The molecule has 0 saturated carbocycles. The van der Waals surface area contributed by atoms with Gasteiger partial charge in [0.25, 0.3) is 0 Å². The molecule has 0 unspecified atom stereocenters. The van der Waals surface area contributed by atoms with Gasteiger partial charge in [-0.05, 0) is 31.3 Å². The molecule has 0 saturated heterocycles. The Morgan fingerprint density at radius 3 is 2.79 bits per heavy atom. The number of pyridine rings is 1. The lowest BCUT2D eigenvalue weighted by molar-refractivity contribution is 0.0690. The van der Waals surface area contributed by atoms with Crippen molar-refractivity contribution in [2.24, 2.45) is 0 Å². The molecule has 0 fully saturated rings. The topological polar surface area (TPSA) is 53.4 Å². The average Bonchev–Trinajstić information content (AvgIpc) is 2.74. The number of hydrogen-bond donors (Lipinski definition) is 1. The fraction of sp³-hybridized carbons (Fsp3) is 0.231. The summed E-state index contributed by atoms with van der Waals surface area (Å²) < 4.78 is 0.773. The van der Waals surface area contributed by atoms with Crippen LogP contribution in [0.1, 0.15) is 21.1 Å². The van der Waals surface area contributed by atoms with Gasteiger partial charge >= 0.3 is 5.97 Å². The van der Waals surface area contributed by atoms with Crippen LogP contribution >= 0.6 is 22.9 Å². The van der Waals surface area contributed by atoms with Gasteiger partial charge < -0.3 is 5.11 Å². The van der Waals surface area contributed by atoms with Crippen molar-refractivity contribution in [3.8, 4) is 0 Å². The number of aromatic nitrogens is 1. The van der Waals surface area contributed by atoms with E-state index in [1.807, 2.05) is 25.2 Å². The van der Waals surface area contributed by atoms with E-state index in [1.54, 1.807) is 17.4 Å². The minimum atomic E-state index is -1.01. The van der Waals surface area contributed by atoms with E-state index >= 15 is 0 Å². The second kappa shape index (κ2) is 6.14. The van der Waals surface area contributed by atoms with Gasteiger partial charge in [-0.2, -0.15) is 0 Å². The molecule has 1 N–H and O–H groups in total. The Balaban J connectivity index is 2.00. The minimum Gasteiger partial charge on any atom is -0.477 e. The maximum absolute atomic E-state index is 10.8. The van der Waals surface area contributed by atoms with Crippen LogP contribution in [-0.4, -0.2) is 28.0 Å². The van der Waals surface area contributed by atoms with E-state index in [1.165, 1.54) is 10.9 Å². The zero-order chi connectivity index (χ0) is 13.8. The fourth-order valence-electron chi connectivity index (χ4n) is 1.72. The van der Waals surface area contributed by atoms with Gasteiger partial charge in [-0.3, -0.25) is 4.90 Å². The van der Waals surface area contributed by atoms with Crippen molar-refractivity contribution in [1.82, 2.24) is 9.88 Å². The van der Waals surface area contributed by atoms with Crippen molar-refractivity contribution in [2.45, 2.75) is 13.1 Å². The van der Waals surface area contributed by atoms with Crippen LogP contribution in [-0.2, 0) is 13.1 Å². The van der Waals surface area contributed by atoms with Crippen LogP contribution in [0.5, 0.6) is 0 Å². The van der Waals surface area contributed by atoms with Gasteiger partial charge in [-0.1, -0.05) is 17.7 Å². The van der Waals surface area contributed by atoms with Crippen LogP contribution in [0.2, 0.25) is 4.34 Å². The van der Waals surface area contributed by atoms with Crippen molar-refractivity contribution in [2.75, 3.05) is 7.05 Å². The molecular weight excluding hydrogens is 284 g/mol. The monoisotopic (exact) mass is 296 g/mol. The molecule has 2 heterocycles. The summed E-state index contributed by atoms with van der Waals surface area (Å²) >= 11 is 7.43. The molecular formula is C13H13ClN2O2S. The predicted molar refractivity (Wildman–Crippen MR) is 75.7 cm³/mol. The van der Waals surface area contributed by atoms with Gasteiger partial charge in [-0.25, -0.2) is 9.78 Å². The lowest BCUT2D eigenvalue weighted by Crippen LogP contribution is -2.18. The second-order valence-corrected chi connectivity index (χ2v) is 6.00. The molecule has 2 aromatic heterocycles. The normalized spacial score (nSPS) is 10.9. The van der Waals surface area contributed by atoms with E-state index in [0.717, 1.165) is 16.6 Å². The first-order chi connectivity index (χ1) is 9.04. The van der Waals surface area contributed by atoms with Gasteiger partial charge in [0.1, 0.15) is 5.69 Å². The molecule has 4 nitrogen and oxygen atoms in total. The summed E-state index contributed by atoms with van der Waals surface area (Å²) in [5.74, 6) is -1.01. The molecule has 0 spiro atoms. The summed E-state index contributed by atoms with van der Waals surface area (Å²) in [6.07, 6.45) is 0. The molecule has 0 aliphatic carbocycles. The number of rotatable bonds is 5. The number of carboxylic acids is 1. The largest absolute Gasteiger partial charge is 0.477 e. The first-order valence-electron chi connectivity index (χ1n) is 5.66. The highest BCUT2D eigenvalue weighted by molar-refractivity contribution is 7.16. The maximum Gasteiger partial charge on any atom is 0.354 e. The van der Waals surface area contributed by atoms with E-state index in [2.05, 4.69) is 9.88 Å². The highest BCUT2D eigenvalue weighted by atomic mass is 35.5. The lowest BCUT2D eigenvalue weighted by Gasteiger charge is -2.15. The molecule has 2 rings (SSSR count). The Morgan fingerprint density at radius 2 is 2.16 bits per heavy atom. The molecule has 0 aliphatic heterocycles. The van der Waals surface area contributed by atoms with Crippen LogP contribution in [0.3, 0.4) is 0 Å². The van der Waals surface area contributed by atoms with Gasteiger partial charge in [0.05, 0.1) is 10.0 Å². The molecule has 2 aromatic rings. The van der Waals surface area contributed by atoms with Crippen LogP contribution in [0.4, 0.5) is 0 Å².